The van der Waals surface area contributed by atoms with E-state index in [0.717, 1.165) is 84.4 Å². The molecule has 5 unspecified atom stereocenters. The van der Waals surface area contributed by atoms with Crippen LogP contribution >= 0.6 is 16.5 Å². The van der Waals surface area contributed by atoms with Gasteiger partial charge in [0.2, 0.25) is 0 Å². The van der Waals surface area contributed by atoms with Gasteiger partial charge in [-0.15, -0.1) is 80.7 Å². The number of rotatable bonds is 15. The molecule has 23 aromatic rings. The van der Waals surface area contributed by atoms with Gasteiger partial charge in [0, 0.05) is 165 Å². The Kier molecular flexibility index (Phi) is 36.0. The fraction of sp³-hybridized carbons (Fsp3) is 0.168. The smallest absolute Gasteiger partial charge is 0.105 e. The van der Waals surface area contributed by atoms with E-state index in [2.05, 4.69) is 393 Å². The normalized spacial score (nSPS) is 12.2. The number of aromatic nitrogens is 9. The molecule has 23 rings (SSSR count). The minimum atomic E-state index is -0.443. The number of pyridine rings is 1. The standard InChI is InChI=1S/C41H27N3.C36H24N2.C22H15N2.C14H15N2.C11H24O2.C5H12O2.C2H8P2.2Ir/c1-5-19-38-34(15-1)35-16-2-6-20-39(35)43(38)32-13-9-11-28(24-32)30-23-31(27-42-26-30)29-12-10-14-33(25-29)44-40-21-7-3-17-36(40)37-18-4-8-22-41(37)44;1-3-11-27(12-4-1)37-33-17-9-7-15-29(33)31-23-25(19-21-35(31)37)26-20-22-36-32(24-26)30-16-8-10-18-34(30)38(36)28-13-5-2-6-14-28;1-4-10-17(11-5-1)20-16-23-21(18-12-6-2-7-13-18)22(24-20)19-14-8-3-9-15-19;1-14(2,3)13-9-12(15-10-16-13)11-7-5-4-6-8-11;1-10(2,3)8(12)7-9(13)11(4,5)6;1-4(6)3-5(2)7;1-4(2)3;;/h1-27H;1-24H;1-12,14-16H;4-7,9-10H,1-3H3;8-9,12-13H,7H2,1-6H3;4-7H,3H2,1-2H3;3H2,1-2H3;;/q;;2*-1;;;;;. The molecule has 16 aromatic carbocycles. The number of nitrogens with zero attached hydrogens (tertiary/aromatic N) is 9. The van der Waals surface area contributed by atoms with Gasteiger partial charge in [0.15, 0.2) is 0 Å². The Morgan fingerprint density at radius 2 is 0.615 bits per heavy atom. The van der Waals surface area contributed by atoms with E-state index in [-0.39, 0.29) is 68.7 Å². The maximum absolute atomic E-state index is 9.76. The molecular formula is C131H125Ir2N9O4P2-2. The molecule has 5 atom stereocenters. The summed E-state index contributed by atoms with van der Waals surface area (Å²) < 4.78 is 9.46. The Bertz CT molecular complexity index is 7890. The first kappa shape index (κ1) is 108. The van der Waals surface area contributed by atoms with Crippen LogP contribution in [0.25, 0.3) is 188 Å². The molecule has 13 nitrogen and oxygen atoms in total. The van der Waals surface area contributed by atoms with E-state index >= 15 is 0 Å². The van der Waals surface area contributed by atoms with Crippen LogP contribution in [0.5, 0.6) is 0 Å². The zero-order valence-electron chi connectivity index (χ0n) is 85.8. The molecule has 0 aliphatic carbocycles. The van der Waals surface area contributed by atoms with Crippen molar-refractivity contribution in [2.24, 2.45) is 10.8 Å². The van der Waals surface area contributed by atoms with E-state index < -0.39 is 12.2 Å². The van der Waals surface area contributed by atoms with Crippen molar-refractivity contribution in [3.63, 3.8) is 0 Å². The zero-order chi connectivity index (χ0) is 102. The summed E-state index contributed by atoms with van der Waals surface area (Å²) in [4.78, 5) is 22.9. The number of hydrogen-bond donors (Lipinski definition) is 4. The number of hydrogen-bond acceptors (Lipinski definition) is 9. The van der Waals surface area contributed by atoms with Crippen LogP contribution in [0.4, 0.5) is 0 Å². The average molecular weight is 2340 g/mol. The SMILES string of the molecule is CC(C)(C)C(O)CC(O)C(C)(C)C.CC(C)(C)c1cc(-c2[c-]cccc2)ncn1.CC(O)CC(C)O.CP(C)P.[Ir].[Ir].[c-]1ccccc1-c1ncc(-c2ccccc2)nc1-c1ccccc1.c1cc(-c2cncc(-c3cccc(-n4c5ccccc5c5ccccc54)c3)c2)cc(-n2c3ccccc3c3ccccc32)c1.c1ccc(-n2c3ccccc3c3cc(-c4ccc5c(c4)c4ccccc4n5-c4ccccc4)ccc32)cc1. The molecule has 17 heteroatoms. The molecule has 148 heavy (non-hydrogen) atoms. The quantitative estimate of drug-likeness (QED) is 0.0577. The first-order valence-electron chi connectivity index (χ1n) is 49.8. The summed E-state index contributed by atoms with van der Waals surface area (Å²) in [6.07, 6.45) is 6.67. The predicted octanol–water partition coefficient (Wildman–Crippen LogP) is 32.5. The predicted molar refractivity (Wildman–Crippen MR) is 619 cm³/mol. The van der Waals surface area contributed by atoms with Crippen LogP contribution < -0.4 is 0 Å². The number of aliphatic hydroxyl groups is 4. The summed E-state index contributed by atoms with van der Waals surface area (Å²) >= 11 is 0. The van der Waals surface area contributed by atoms with Crippen LogP contribution in [0.3, 0.4) is 0 Å². The van der Waals surface area contributed by atoms with Crippen LogP contribution in [0.2, 0.25) is 0 Å². The van der Waals surface area contributed by atoms with E-state index in [1.165, 1.54) is 110 Å². The van der Waals surface area contributed by atoms with E-state index in [9.17, 15) is 10.2 Å². The van der Waals surface area contributed by atoms with Gasteiger partial charge in [-0.05, 0) is 193 Å². The van der Waals surface area contributed by atoms with Crippen molar-refractivity contribution in [3.8, 4) is 101 Å². The molecule has 7 aromatic heterocycles. The molecule has 0 saturated carbocycles. The third-order valence-electron chi connectivity index (χ3n) is 25.9. The molecule has 0 bridgehead atoms. The van der Waals surface area contributed by atoms with Crippen LogP contribution in [0.15, 0.2) is 437 Å². The van der Waals surface area contributed by atoms with Crippen molar-refractivity contribution < 1.29 is 60.6 Å². The summed E-state index contributed by atoms with van der Waals surface area (Å²) in [6.45, 7) is 26.0. The molecule has 2 radical (unpaired) electrons. The average Bonchev–Trinajstić information content (AvgIpc) is 1.58. The largest absolute Gasteiger partial charge is 0.393 e. The van der Waals surface area contributed by atoms with Crippen LogP contribution in [-0.4, -0.2) is 101 Å². The van der Waals surface area contributed by atoms with Gasteiger partial charge in [0.1, 0.15) is 6.33 Å². The number of para-hydroxylation sites is 8. The number of benzene rings is 16. The first-order chi connectivity index (χ1) is 70.6. The molecule has 0 amide bonds. The van der Waals surface area contributed by atoms with Crippen LogP contribution in [0.1, 0.15) is 94.7 Å². The summed E-state index contributed by atoms with van der Waals surface area (Å²) in [5.74, 6) is 0. The van der Waals surface area contributed by atoms with Crippen molar-refractivity contribution in [1.29, 1.82) is 0 Å². The molecule has 0 fully saturated rings. The minimum absolute atomic E-state index is 0. The first-order valence-corrected chi connectivity index (χ1v) is 53.6. The maximum atomic E-state index is 9.76. The van der Waals surface area contributed by atoms with Gasteiger partial charge in [0.05, 0.1) is 79.9 Å². The number of fused-ring (bicyclic) bond motifs is 12. The second kappa shape index (κ2) is 49.2. The molecule has 0 spiro atoms. The Morgan fingerprint density at radius 3 is 0.980 bits per heavy atom. The van der Waals surface area contributed by atoms with Crippen molar-refractivity contribution >= 4 is 104 Å². The van der Waals surface area contributed by atoms with Crippen molar-refractivity contribution in [1.82, 2.24) is 43.2 Å². The fourth-order valence-electron chi connectivity index (χ4n) is 18.4. The molecule has 4 N–H and O–H groups in total. The number of aliphatic hydroxyl groups excluding tert-OH is 4. The third-order valence-corrected chi connectivity index (χ3v) is 25.9. The van der Waals surface area contributed by atoms with Crippen molar-refractivity contribution in [2.45, 2.75) is 119 Å². The fourth-order valence-corrected chi connectivity index (χ4v) is 18.4. The minimum Gasteiger partial charge on any atom is -0.393 e. The van der Waals surface area contributed by atoms with E-state index in [0.29, 0.717) is 20.5 Å². The van der Waals surface area contributed by atoms with Crippen LogP contribution in [0, 0.1) is 23.0 Å². The molecule has 0 aliphatic rings. The molecule has 7 heterocycles. The Balaban J connectivity index is 0.000000143. The second-order valence-electron chi connectivity index (χ2n) is 40.3. The molecule has 748 valence electrons. The van der Waals surface area contributed by atoms with Gasteiger partial charge in [-0.1, -0.05) is 319 Å². The second-order valence-corrected chi connectivity index (χ2v) is 45.3. The van der Waals surface area contributed by atoms with E-state index in [1.807, 2.05) is 163 Å². The van der Waals surface area contributed by atoms with Crippen molar-refractivity contribution in [2.75, 3.05) is 13.3 Å². The maximum Gasteiger partial charge on any atom is 0.105 e. The van der Waals surface area contributed by atoms with Gasteiger partial charge in [-0.2, -0.15) is 0 Å². The van der Waals surface area contributed by atoms with Gasteiger partial charge in [0.25, 0.3) is 0 Å². The van der Waals surface area contributed by atoms with Gasteiger partial charge in [-0.25, -0.2) is 4.98 Å². The summed E-state index contributed by atoms with van der Waals surface area (Å²) in [5.41, 5.74) is 29.7. The summed E-state index contributed by atoms with van der Waals surface area (Å²) in [5, 5.41) is 46.8. The Morgan fingerprint density at radius 1 is 0.291 bits per heavy atom. The molecule has 0 saturated heterocycles. The van der Waals surface area contributed by atoms with Gasteiger partial charge >= 0.3 is 0 Å². The van der Waals surface area contributed by atoms with Crippen LogP contribution in [-0.2, 0) is 45.6 Å². The van der Waals surface area contributed by atoms with Crippen molar-refractivity contribution in [3.05, 3.63) is 455 Å². The van der Waals surface area contributed by atoms with E-state index in [4.69, 9.17) is 25.2 Å². The zero-order valence-corrected chi connectivity index (χ0v) is 92.6. The topological polar surface area (TPSA) is 165 Å². The molecular weight excluding hydrogens is 2210 g/mol. The third kappa shape index (κ3) is 25.7. The summed E-state index contributed by atoms with van der Waals surface area (Å²) in [7, 11) is 3.02. The van der Waals surface area contributed by atoms with Gasteiger partial charge < -0.3 is 43.7 Å². The molecule has 0 aliphatic heterocycles. The monoisotopic (exact) mass is 2340 g/mol. The summed E-state index contributed by atoms with van der Waals surface area (Å²) in [6, 6.07) is 151. The Hall–Kier alpha value is -14.0. The van der Waals surface area contributed by atoms with E-state index in [1.54, 1.807) is 20.2 Å². The van der Waals surface area contributed by atoms with Gasteiger partial charge in [-0.3, -0.25) is 15.0 Å². The Labute approximate surface area is 899 Å².